The summed E-state index contributed by atoms with van der Waals surface area (Å²) in [5.41, 5.74) is 5.27. The third kappa shape index (κ3) is 2.07. The van der Waals surface area contributed by atoms with E-state index in [9.17, 15) is 4.79 Å². The highest BCUT2D eigenvalue weighted by Gasteiger charge is 2.22. The van der Waals surface area contributed by atoms with E-state index in [1.807, 2.05) is 22.6 Å². The predicted octanol–water partition coefficient (Wildman–Crippen LogP) is 7.36. The molecule has 0 atom stereocenters. The van der Waals surface area contributed by atoms with E-state index in [2.05, 4.69) is 83.4 Å². The zero-order chi connectivity index (χ0) is 21.7. The summed E-state index contributed by atoms with van der Waals surface area (Å²) in [6.07, 6.45) is 0. The summed E-state index contributed by atoms with van der Waals surface area (Å²) in [6, 6.07) is 33.6. The fourth-order valence-electron chi connectivity index (χ4n) is 5.54. The fraction of sp³-hybridized carbons (Fsp3) is 0. The van der Waals surface area contributed by atoms with Crippen LogP contribution in [0.4, 0.5) is 0 Å². The maximum Gasteiger partial charge on any atom is 0.263 e. The van der Waals surface area contributed by atoms with E-state index in [1.165, 1.54) is 21.0 Å². The van der Waals surface area contributed by atoms with Crippen molar-refractivity contribution >= 4 is 69.7 Å². The number of hydrogen-bond acceptors (Lipinski definition) is 2. The Morgan fingerprint density at radius 3 is 2.18 bits per heavy atom. The second-order valence-electron chi connectivity index (χ2n) is 8.55. The summed E-state index contributed by atoms with van der Waals surface area (Å²) in [6.45, 7) is 0. The van der Waals surface area contributed by atoms with E-state index in [-0.39, 0.29) is 5.56 Å². The normalized spacial score (nSPS) is 12.4. The van der Waals surface area contributed by atoms with Gasteiger partial charge in [0.2, 0.25) is 0 Å². The SMILES string of the molecule is O=c1c2ccccc2c2cccc3c2n1c1cccc2sc4ccc5ccccc5c4n3-c21. The maximum atomic E-state index is 13.8. The van der Waals surface area contributed by atoms with Gasteiger partial charge in [0.25, 0.3) is 5.56 Å². The zero-order valence-corrected chi connectivity index (χ0v) is 18.3. The van der Waals surface area contributed by atoms with Crippen molar-refractivity contribution in [2.75, 3.05) is 0 Å². The van der Waals surface area contributed by atoms with E-state index in [4.69, 9.17) is 0 Å². The first kappa shape index (κ1) is 17.4. The first-order chi connectivity index (χ1) is 16.3. The van der Waals surface area contributed by atoms with Crippen molar-refractivity contribution in [3.63, 3.8) is 0 Å². The van der Waals surface area contributed by atoms with E-state index in [0.717, 1.165) is 43.1 Å². The monoisotopic (exact) mass is 440 g/mol. The molecule has 6 aromatic rings. The summed E-state index contributed by atoms with van der Waals surface area (Å²) >= 11 is 1.78. The van der Waals surface area contributed by atoms with Gasteiger partial charge in [0.15, 0.2) is 0 Å². The van der Waals surface area contributed by atoms with Crippen molar-refractivity contribution in [2.45, 2.75) is 0 Å². The first-order valence-electron chi connectivity index (χ1n) is 11.0. The first-order valence-corrected chi connectivity index (χ1v) is 11.8. The molecule has 0 radical (unpaired) electrons. The van der Waals surface area contributed by atoms with Crippen LogP contribution in [0.25, 0.3) is 64.1 Å². The minimum Gasteiger partial charge on any atom is -0.303 e. The number of fused-ring (bicyclic) bond motifs is 8. The van der Waals surface area contributed by atoms with Gasteiger partial charge in [-0.2, -0.15) is 0 Å². The third-order valence-corrected chi connectivity index (χ3v) is 7.98. The van der Waals surface area contributed by atoms with E-state index < -0.39 is 0 Å². The standard InChI is InChI=1S/C29H16N2OS/c32-29-21-10-4-3-9-19(21)20-11-5-12-22-26(20)31(29)23-13-6-14-24-28(23)30(22)27-18-8-2-1-7-17(18)15-16-25(27)33-24/h1-16H. The van der Waals surface area contributed by atoms with Crippen LogP contribution in [0.3, 0.4) is 0 Å². The molecule has 0 amide bonds. The second kappa shape index (κ2) is 6.00. The molecule has 3 nitrogen and oxygen atoms in total. The van der Waals surface area contributed by atoms with E-state index in [1.54, 1.807) is 11.3 Å². The number of para-hydroxylation sites is 2. The maximum absolute atomic E-state index is 13.8. The van der Waals surface area contributed by atoms with Crippen LogP contribution >= 0.6 is 11.3 Å². The van der Waals surface area contributed by atoms with Crippen LogP contribution < -0.4 is 5.56 Å². The Balaban J connectivity index is 1.83. The lowest BCUT2D eigenvalue weighted by Crippen LogP contribution is -2.19. The van der Waals surface area contributed by atoms with Gasteiger partial charge >= 0.3 is 0 Å². The second-order valence-corrected chi connectivity index (χ2v) is 9.64. The van der Waals surface area contributed by atoms with Crippen LogP contribution in [-0.2, 0) is 0 Å². The molecule has 2 aliphatic heterocycles. The van der Waals surface area contributed by atoms with Gasteiger partial charge in [0, 0.05) is 16.2 Å². The van der Waals surface area contributed by atoms with Crippen molar-refractivity contribution in [3.8, 4) is 5.69 Å². The van der Waals surface area contributed by atoms with Gasteiger partial charge in [-0.05, 0) is 41.1 Å². The van der Waals surface area contributed by atoms with Gasteiger partial charge in [-0.3, -0.25) is 9.20 Å². The molecule has 4 heteroatoms. The molecule has 0 N–H and O–H groups in total. The summed E-state index contributed by atoms with van der Waals surface area (Å²) in [4.78, 5) is 13.8. The lowest BCUT2D eigenvalue weighted by molar-refractivity contribution is 1.10. The number of nitrogens with zero attached hydrogens (tertiary/aromatic N) is 2. The van der Waals surface area contributed by atoms with Crippen molar-refractivity contribution in [2.24, 2.45) is 0 Å². The molecule has 0 spiro atoms. The Labute approximate surface area is 191 Å². The number of hydrogen-bond donors (Lipinski definition) is 0. The largest absolute Gasteiger partial charge is 0.303 e. The lowest BCUT2D eigenvalue weighted by atomic mass is 10.0. The van der Waals surface area contributed by atoms with Gasteiger partial charge in [0.1, 0.15) is 0 Å². The number of rotatable bonds is 0. The van der Waals surface area contributed by atoms with Crippen LogP contribution in [0.1, 0.15) is 0 Å². The minimum atomic E-state index is 0.0346. The van der Waals surface area contributed by atoms with Gasteiger partial charge in [-0.25, -0.2) is 0 Å². The van der Waals surface area contributed by atoms with Crippen molar-refractivity contribution in [3.05, 3.63) is 107 Å². The molecule has 0 saturated carbocycles. The summed E-state index contributed by atoms with van der Waals surface area (Å²) < 4.78 is 6.71. The highest BCUT2D eigenvalue weighted by molar-refractivity contribution is 7.24. The van der Waals surface area contributed by atoms with Gasteiger partial charge in [-0.1, -0.05) is 66.7 Å². The Hall–Kier alpha value is -4.15. The highest BCUT2D eigenvalue weighted by atomic mass is 32.1. The summed E-state index contributed by atoms with van der Waals surface area (Å²) in [7, 11) is 0. The smallest absolute Gasteiger partial charge is 0.263 e. The molecule has 0 aliphatic carbocycles. The van der Waals surface area contributed by atoms with Gasteiger partial charge in [-0.15, -0.1) is 11.3 Å². The predicted molar refractivity (Wildman–Crippen MR) is 140 cm³/mol. The fourth-order valence-corrected chi connectivity index (χ4v) is 6.65. The van der Waals surface area contributed by atoms with Crippen molar-refractivity contribution < 1.29 is 0 Å². The molecular formula is C29H16N2OS. The Kier molecular flexibility index (Phi) is 3.17. The summed E-state index contributed by atoms with van der Waals surface area (Å²) in [5, 5.41) is 5.28. The molecule has 5 aromatic carbocycles. The molecule has 1 aromatic heterocycles. The molecule has 0 unspecified atom stereocenters. The molecule has 0 bridgehead atoms. The molecule has 2 aliphatic rings. The molecule has 3 heterocycles. The molecule has 0 fully saturated rings. The molecule has 8 rings (SSSR count). The van der Waals surface area contributed by atoms with Crippen molar-refractivity contribution in [1.82, 2.24) is 8.97 Å². The lowest BCUT2D eigenvalue weighted by Gasteiger charge is -2.24. The minimum absolute atomic E-state index is 0.0346. The Morgan fingerprint density at radius 1 is 0.545 bits per heavy atom. The molecule has 0 saturated heterocycles. The average molecular weight is 441 g/mol. The van der Waals surface area contributed by atoms with Crippen LogP contribution in [0.15, 0.2) is 102 Å². The van der Waals surface area contributed by atoms with Crippen LogP contribution in [0.2, 0.25) is 0 Å². The molecule has 154 valence electrons. The topological polar surface area (TPSA) is 26.4 Å². The Bertz CT molecular complexity index is 2110. The van der Waals surface area contributed by atoms with Gasteiger partial charge < -0.3 is 4.57 Å². The van der Waals surface area contributed by atoms with E-state index in [0.29, 0.717) is 0 Å². The highest BCUT2D eigenvalue weighted by Crippen LogP contribution is 2.41. The number of aromatic nitrogens is 2. The number of benzene rings is 5. The zero-order valence-electron chi connectivity index (χ0n) is 17.4. The summed E-state index contributed by atoms with van der Waals surface area (Å²) in [5.74, 6) is 0. The average Bonchev–Trinajstić information content (AvgIpc) is 2.87. The van der Waals surface area contributed by atoms with E-state index >= 15 is 0 Å². The third-order valence-electron chi connectivity index (χ3n) is 6.88. The van der Waals surface area contributed by atoms with Crippen LogP contribution in [0, 0.1) is 0 Å². The van der Waals surface area contributed by atoms with Crippen LogP contribution in [-0.4, -0.2) is 8.97 Å². The quantitative estimate of drug-likeness (QED) is 0.179. The van der Waals surface area contributed by atoms with Crippen LogP contribution in [0.5, 0.6) is 0 Å². The van der Waals surface area contributed by atoms with Gasteiger partial charge in [0.05, 0.1) is 37.2 Å². The molecule has 33 heavy (non-hydrogen) atoms. The van der Waals surface area contributed by atoms with Crippen molar-refractivity contribution in [1.29, 1.82) is 0 Å². The number of pyridine rings is 1. The molecular weight excluding hydrogens is 424 g/mol. The Morgan fingerprint density at radius 2 is 1.27 bits per heavy atom.